The minimum absolute atomic E-state index is 0.0509. The highest BCUT2D eigenvalue weighted by molar-refractivity contribution is 6.08. The lowest BCUT2D eigenvalue weighted by Crippen LogP contribution is -2.31. The first-order chi connectivity index (χ1) is 13.9. The van der Waals surface area contributed by atoms with Crippen molar-refractivity contribution in [3.8, 4) is 0 Å². The topological polar surface area (TPSA) is 62.3 Å². The highest BCUT2D eigenvalue weighted by Crippen LogP contribution is 2.20. The summed E-state index contributed by atoms with van der Waals surface area (Å²) in [6.45, 7) is 4.16. The number of nitrogens with zero attached hydrogens (tertiary/aromatic N) is 2. The molecule has 148 valence electrons. The van der Waals surface area contributed by atoms with Gasteiger partial charge in [-0.2, -0.15) is 0 Å². The van der Waals surface area contributed by atoms with E-state index in [1.807, 2.05) is 38.1 Å². The number of nitrogens with one attached hydrogen (secondary N) is 1. The van der Waals surface area contributed by atoms with E-state index in [0.717, 1.165) is 17.7 Å². The van der Waals surface area contributed by atoms with Crippen LogP contribution in [0.3, 0.4) is 0 Å². The van der Waals surface area contributed by atoms with Crippen LogP contribution < -0.4 is 10.2 Å². The van der Waals surface area contributed by atoms with Crippen molar-refractivity contribution < 1.29 is 18.4 Å². The van der Waals surface area contributed by atoms with Crippen molar-refractivity contribution in [3.63, 3.8) is 0 Å². The zero-order valence-corrected chi connectivity index (χ0v) is 15.9. The molecular weight excluding hydrogens is 376 g/mol. The van der Waals surface area contributed by atoms with Gasteiger partial charge in [0.1, 0.15) is 23.0 Å². The second-order valence-electron chi connectivity index (χ2n) is 6.37. The van der Waals surface area contributed by atoms with Crippen molar-refractivity contribution in [2.45, 2.75) is 13.8 Å². The Bertz CT molecular complexity index is 1050. The van der Waals surface area contributed by atoms with Crippen LogP contribution in [0.5, 0.6) is 0 Å². The molecule has 0 atom stereocenters. The van der Waals surface area contributed by atoms with Gasteiger partial charge in [-0.1, -0.05) is 18.2 Å². The Balaban J connectivity index is 1.86. The van der Waals surface area contributed by atoms with Gasteiger partial charge in [-0.15, -0.1) is 0 Å². The van der Waals surface area contributed by atoms with Gasteiger partial charge < -0.3 is 10.2 Å². The Labute approximate surface area is 167 Å². The summed E-state index contributed by atoms with van der Waals surface area (Å²) in [7, 11) is 0. The van der Waals surface area contributed by atoms with E-state index in [0.29, 0.717) is 12.2 Å². The number of amides is 2. The minimum Gasteiger partial charge on any atom is -0.317 e. The summed E-state index contributed by atoms with van der Waals surface area (Å²) in [6.07, 6.45) is 1.31. The van der Waals surface area contributed by atoms with Crippen LogP contribution in [-0.2, 0) is 0 Å². The molecule has 2 amide bonds. The molecule has 0 fully saturated rings. The molecule has 0 aliphatic rings. The maximum absolute atomic E-state index is 13.8. The molecule has 3 aromatic rings. The molecule has 2 aromatic carbocycles. The van der Waals surface area contributed by atoms with E-state index in [1.54, 1.807) is 0 Å². The van der Waals surface area contributed by atoms with Crippen LogP contribution in [0.4, 0.5) is 20.2 Å². The number of benzene rings is 2. The van der Waals surface area contributed by atoms with Crippen molar-refractivity contribution in [1.82, 2.24) is 4.98 Å². The number of anilines is 2. The van der Waals surface area contributed by atoms with E-state index in [9.17, 15) is 18.4 Å². The summed E-state index contributed by atoms with van der Waals surface area (Å²) in [5.74, 6) is -2.91. The lowest BCUT2D eigenvalue weighted by atomic mass is 10.1. The molecule has 29 heavy (non-hydrogen) atoms. The Hall–Kier alpha value is -3.61. The van der Waals surface area contributed by atoms with E-state index < -0.39 is 23.2 Å². The fourth-order valence-corrected chi connectivity index (χ4v) is 2.87. The zero-order valence-electron chi connectivity index (χ0n) is 15.9. The quantitative estimate of drug-likeness (QED) is 0.687. The van der Waals surface area contributed by atoms with Gasteiger partial charge in [0.05, 0.1) is 0 Å². The molecule has 0 radical (unpaired) electrons. The smallest absolute Gasteiger partial charge is 0.276 e. The first-order valence-electron chi connectivity index (χ1n) is 9.00. The molecular formula is C22H19F2N3O2. The van der Waals surface area contributed by atoms with Gasteiger partial charge in [-0.3, -0.25) is 14.6 Å². The number of hydrogen-bond donors (Lipinski definition) is 1. The Morgan fingerprint density at radius 3 is 2.38 bits per heavy atom. The van der Waals surface area contributed by atoms with Crippen LogP contribution in [-0.4, -0.2) is 23.3 Å². The first kappa shape index (κ1) is 20.1. The van der Waals surface area contributed by atoms with Crippen LogP contribution >= 0.6 is 0 Å². The number of aromatic nitrogens is 1. The molecule has 7 heteroatoms. The SMILES string of the molecule is CCN(C(=O)c1cc(C(=O)Nc2c(F)cccc2F)ccn1)c1cccc(C)c1. The van der Waals surface area contributed by atoms with Gasteiger partial charge in [0.25, 0.3) is 11.8 Å². The van der Waals surface area contributed by atoms with E-state index >= 15 is 0 Å². The van der Waals surface area contributed by atoms with E-state index in [4.69, 9.17) is 0 Å². The number of pyridine rings is 1. The van der Waals surface area contributed by atoms with Crippen LogP contribution in [0.2, 0.25) is 0 Å². The third kappa shape index (κ3) is 4.45. The largest absolute Gasteiger partial charge is 0.317 e. The molecule has 5 nitrogen and oxygen atoms in total. The molecule has 1 aromatic heterocycles. The maximum Gasteiger partial charge on any atom is 0.276 e. The number of para-hydroxylation sites is 1. The highest BCUT2D eigenvalue weighted by Gasteiger charge is 2.20. The predicted octanol–water partition coefficient (Wildman–Crippen LogP) is 4.59. The average molecular weight is 395 g/mol. The Morgan fingerprint density at radius 1 is 1.03 bits per heavy atom. The fourth-order valence-electron chi connectivity index (χ4n) is 2.87. The lowest BCUT2D eigenvalue weighted by Gasteiger charge is -2.21. The van der Waals surface area contributed by atoms with Crippen LogP contribution in [0.15, 0.2) is 60.8 Å². The van der Waals surface area contributed by atoms with Crippen LogP contribution in [0.1, 0.15) is 33.3 Å². The fraction of sp³-hybridized carbons (Fsp3) is 0.136. The Kier molecular flexibility index (Phi) is 5.97. The van der Waals surface area contributed by atoms with E-state index in [1.165, 1.54) is 29.3 Å². The number of halogens is 2. The number of rotatable bonds is 5. The summed E-state index contributed by atoms with van der Waals surface area (Å²) >= 11 is 0. The third-order valence-electron chi connectivity index (χ3n) is 4.32. The molecule has 1 N–H and O–H groups in total. The van der Waals surface area contributed by atoms with Crippen molar-refractivity contribution in [2.75, 3.05) is 16.8 Å². The predicted molar refractivity (Wildman–Crippen MR) is 107 cm³/mol. The van der Waals surface area contributed by atoms with Gasteiger partial charge in [0.2, 0.25) is 0 Å². The molecule has 0 bridgehead atoms. The zero-order chi connectivity index (χ0) is 21.0. The second kappa shape index (κ2) is 8.60. The van der Waals surface area contributed by atoms with Gasteiger partial charge in [-0.05, 0) is 55.8 Å². The normalized spacial score (nSPS) is 10.5. The molecule has 0 saturated heterocycles. The van der Waals surface area contributed by atoms with Crippen molar-refractivity contribution in [3.05, 3.63) is 89.2 Å². The number of aryl methyl sites for hydroxylation is 1. The summed E-state index contributed by atoms with van der Waals surface area (Å²) < 4.78 is 27.6. The van der Waals surface area contributed by atoms with Crippen molar-refractivity contribution >= 4 is 23.2 Å². The number of hydrogen-bond acceptors (Lipinski definition) is 3. The summed E-state index contributed by atoms with van der Waals surface area (Å²) in [6, 6.07) is 13.4. The van der Waals surface area contributed by atoms with Crippen LogP contribution in [0.25, 0.3) is 0 Å². The molecule has 0 unspecified atom stereocenters. The summed E-state index contributed by atoms with van der Waals surface area (Å²) in [5.41, 5.74) is 1.28. The molecule has 3 rings (SSSR count). The second-order valence-corrected chi connectivity index (χ2v) is 6.37. The van der Waals surface area contributed by atoms with E-state index in [-0.39, 0.29) is 17.2 Å². The molecule has 0 aliphatic carbocycles. The highest BCUT2D eigenvalue weighted by atomic mass is 19.1. The molecule has 0 aliphatic heterocycles. The summed E-state index contributed by atoms with van der Waals surface area (Å²) in [4.78, 5) is 31.0. The third-order valence-corrected chi connectivity index (χ3v) is 4.32. The molecule has 1 heterocycles. The lowest BCUT2D eigenvalue weighted by molar-refractivity contribution is 0.0983. The maximum atomic E-state index is 13.8. The van der Waals surface area contributed by atoms with Gasteiger partial charge >= 0.3 is 0 Å². The van der Waals surface area contributed by atoms with Crippen LogP contribution in [0, 0.1) is 18.6 Å². The van der Waals surface area contributed by atoms with Gasteiger partial charge in [-0.25, -0.2) is 8.78 Å². The monoisotopic (exact) mass is 395 g/mol. The van der Waals surface area contributed by atoms with Gasteiger partial charge in [0.15, 0.2) is 0 Å². The first-order valence-corrected chi connectivity index (χ1v) is 9.00. The summed E-state index contributed by atoms with van der Waals surface area (Å²) in [5, 5.41) is 2.20. The van der Waals surface area contributed by atoms with Crippen molar-refractivity contribution in [2.24, 2.45) is 0 Å². The standard InChI is InChI=1S/C22H19F2N3O2/c1-3-27(16-7-4-6-14(2)12-16)22(29)19-13-15(10-11-25-19)21(28)26-20-17(23)8-5-9-18(20)24/h4-13H,3H2,1-2H3,(H,26,28). The van der Waals surface area contributed by atoms with Crippen molar-refractivity contribution in [1.29, 1.82) is 0 Å². The van der Waals surface area contributed by atoms with E-state index in [2.05, 4.69) is 10.3 Å². The molecule has 0 saturated carbocycles. The minimum atomic E-state index is -0.889. The Morgan fingerprint density at radius 2 is 1.72 bits per heavy atom. The number of carbonyl (C=O) groups is 2. The average Bonchev–Trinajstić information content (AvgIpc) is 2.71. The number of carbonyl (C=O) groups excluding carboxylic acids is 2. The molecule has 0 spiro atoms. The van der Waals surface area contributed by atoms with Gasteiger partial charge in [0, 0.05) is 24.0 Å².